The topological polar surface area (TPSA) is 25.8 Å². The molecule has 0 aliphatic heterocycles. The molecule has 1 aliphatic rings. The number of benzene rings is 1. The standard InChI is InChI=1S/C13H12N2/c1-2-6-10(5-1)13-14-9-11-7-3-4-8-12(11)15-13/h3-5,7-9H,1-2,6H2. The normalized spacial score (nSPS) is 15.6. The van der Waals surface area contributed by atoms with Crippen LogP contribution in [0.4, 0.5) is 0 Å². The third-order valence-corrected chi connectivity index (χ3v) is 2.82. The Kier molecular flexibility index (Phi) is 1.98. The van der Waals surface area contributed by atoms with Gasteiger partial charge in [-0.15, -0.1) is 0 Å². The molecule has 3 rings (SSSR count). The van der Waals surface area contributed by atoms with Crippen LogP contribution < -0.4 is 0 Å². The molecule has 1 heterocycles. The smallest absolute Gasteiger partial charge is 0.155 e. The van der Waals surface area contributed by atoms with Gasteiger partial charge in [-0.3, -0.25) is 0 Å². The summed E-state index contributed by atoms with van der Waals surface area (Å²) >= 11 is 0. The molecule has 2 aromatic rings. The van der Waals surface area contributed by atoms with Gasteiger partial charge in [-0.05, 0) is 30.9 Å². The van der Waals surface area contributed by atoms with Crippen LogP contribution in [0.3, 0.4) is 0 Å². The Morgan fingerprint density at radius 2 is 2.07 bits per heavy atom. The Bertz CT molecular complexity index is 529. The molecule has 2 nitrogen and oxygen atoms in total. The number of fused-ring (bicyclic) bond motifs is 1. The quantitative estimate of drug-likeness (QED) is 0.700. The number of aromatic nitrogens is 2. The molecule has 0 bridgehead atoms. The third-order valence-electron chi connectivity index (χ3n) is 2.82. The van der Waals surface area contributed by atoms with E-state index in [1.807, 2.05) is 30.5 Å². The zero-order valence-electron chi connectivity index (χ0n) is 8.48. The number of rotatable bonds is 1. The van der Waals surface area contributed by atoms with Gasteiger partial charge in [-0.2, -0.15) is 0 Å². The van der Waals surface area contributed by atoms with E-state index >= 15 is 0 Å². The highest BCUT2D eigenvalue weighted by molar-refractivity contribution is 5.79. The lowest BCUT2D eigenvalue weighted by Crippen LogP contribution is -1.92. The second kappa shape index (κ2) is 3.46. The SMILES string of the molecule is C1=C(c2ncc3ccccc3n2)CCC1. The number of hydrogen-bond donors (Lipinski definition) is 0. The van der Waals surface area contributed by atoms with E-state index in [0.29, 0.717) is 0 Å². The summed E-state index contributed by atoms with van der Waals surface area (Å²) in [5, 5.41) is 1.11. The van der Waals surface area contributed by atoms with Crippen LogP contribution >= 0.6 is 0 Å². The van der Waals surface area contributed by atoms with E-state index in [4.69, 9.17) is 0 Å². The molecule has 2 heteroatoms. The maximum atomic E-state index is 4.58. The first-order chi connectivity index (χ1) is 7.43. The first-order valence-electron chi connectivity index (χ1n) is 5.35. The minimum absolute atomic E-state index is 0.909. The van der Waals surface area contributed by atoms with Gasteiger partial charge in [0.1, 0.15) is 0 Å². The van der Waals surface area contributed by atoms with Crippen molar-refractivity contribution < 1.29 is 0 Å². The maximum Gasteiger partial charge on any atom is 0.155 e. The van der Waals surface area contributed by atoms with Gasteiger partial charge in [0, 0.05) is 11.6 Å². The average molecular weight is 196 g/mol. The number of nitrogens with zero attached hydrogens (tertiary/aromatic N) is 2. The fourth-order valence-electron chi connectivity index (χ4n) is 2.00. The lowest BCUT2D eigenvalue weighted by atomic mass is 10.2. The highest BCUT2D eigenvalue weighted by atomic mass is 14.9. The summed E-state index contributed by atoms with van der Waals surface area (Å²) < 4.78 is 0. The molecule has 1 aromatic carbocycles. The molecule has 0 saturated carbocycles. The van der Waals surface area contributed by atoms with Crippen LogP contribution in [0.25, 0.3) is 16.5 Å². The number of hydrogen-bond acceptors (Lipinski definition) is 2. The molecule has 0 radical (unpaired) electrons. The summed E-state index contributed by atoms with van der Waals surface area (Å²) in [6.07, 6.45) is 7.70. The Labute approximate surface area is 88.7 Å². The molecule has 1 aliphatic carbocycles. The van der Waals surface area contributed by atoms with Gasteiger partial charge in [0.05, 0.1) is 5.52 Å². The van der Waals surface area contributed by atoms with Crippen LogP contribution in [-0.4, -0.2) is 9.97 Å². The zero-order valence-corrected chi connectivity index (χ0v) is 8.48. The Balaban J connectivity index is 2.13. The molecule has 0 atom stereocenters. The Hall–Kier alpha value is -1.70. The summed E-state index contributed by atoms with van der Waals surface area (Å²) in [6, 6.07) is 8.11. The molecular formula is C13H12N2. The van der Waals surface area contributed by atoms with Gasteiger partial charge in [-0.1, -0.05) is 24.3 Å². The first-order valence-corrected chi connectivity index (χ1v) is 5.35. The monoisotopic (exact) mass is 196 g/mol. The lowest BCUT2D eigenvalue weighted by Gasteiger charge is -2.01. The number of para-hydroxylation sites is 1. The van der Waals surface area contributed by atoms with E-state index in [2.05, 4.69) is 16.0 Å². The predicted octanol–water partition coefficient (Wildman–Crippen LogP) is 3.20. The van der Waals surface area contributed by atoms with Gasteiger partial charge in [0.25, 0.3) is 0 Å². The Morgan fingerprint density at radius 1 is 1.13 bits per heavy atom. The molecule has 0 fully saturated rings. The Morgan fingerprint density at radius 3 is 2.93 bits per heavy atom. The van der Waals surface area contributed by atoms with E-state index in [9.17, 15) is 0 Å². The van der Waals surface area contributed by atoms with Crippen LogP contribution in [0, 0.1) is 0 Å². The molecule has 15 heavy (non-hydrogen) atoms. The van der Waals surface area contributed by atoms with Gasteiger partial charge in [0.15, 0.2) is 5.82 Å². The summed E-state index contributed by atoms with van der Waals surface area (Å²) in [5.74, 6) is 0.909. The fourth-order valence-corrected chi connectivity index (χ4v) is 2.00. The fraction of sp³-hybridized carbons (Fsp3) is 0.231. The van der Waals surface area contributed by atoms with E-state index in [1.54, 1.807) is 0 Å². The molecule has 0 amide bonds. The second-order valence-electron chi connectivity index (χ2n) is 3.87. The summed E-state index contributed by atoms with van der Waals surface area (Å²) in [6.45, 7) is 0. The summed E-state index contributed by atoms with van der Waals surface area (Å²) in [7, 11) is 0. The minimum Gasteiger partial charge on any atom is -0.236 e. The minimum atomic E-state index is 0.909. The van der Waals surface area contributed by atoms with Gasteiger partial charge < -0.3 is 0 Å². The van der Waals surface area contributed by atoms with Gasteiger partial charge in [-0.25, -0.2) is 9.97 Å². The van der Waals surface area contributed by atoms with Crippen molar-refractivity contribution >= 4 is 16.5 Å². The van der Waals surface area contributed by atoms with Crippen LogP contribution in [0.1, 0.15) is 25.1 Å². The summed E-state index contributed by atoms with van der Waals surface area (Å²) in [5.41, 5.74) is 2.34. The third kappa shape index (κ3) is 1.52. The predicted molar refractivity (Wildman–Crippen MR) is 61.4 cm³/mol. The van der Waals surface area contributed by atoms with E-state index in [0.717, 1.165) is 23.1 Å². The van der Waals surface area contributed by atoms with Gasteiger partial charge in [0.2, 0.25) is 0 Å². The van der Waals surface area contributed by atoms with Crippen LogP contribution in [0.5, 0.6) is 0 Å². The highest BCUT2D eigenvalue weighted by Gasteiger charge is 2.09. The molecule has 0 N–H and O–H groups in total. The van der Waals surface area contributed by atoms with Crippen LogP contribution in [0.2, 0.25) is 0 Å². The van der Waals surface area contributed by atoms with Crippen molar-refractivity contribution in [2.24, 2.45) is 0 Å². The molecular weight excluding hydrogens is 184 g/mol. The lowest BCUT2D eigenvalue weighted by molar-refractivity contribution is 0.929. The van der Waals surface area contributed by atoms with Crippen molar-refractivity contribution in [2.75, 3.05) is 0 Å². The van der Waals surface area contributed by atoms with Crippen LogP contribution in [-0.2, 0) is 0 Å². The van der Waals surface area contributed by atoms with Gasteiger partial charge >= 0.3 is 0 Å². The van der Waals surface area contributed by atoms with E-state index in [1.165, 1.54) is 18.4 Å². The highest BCUT2D eigenvalue weighted by Crippen LogP contribution is 2.25. The van der Waals surface area contributed by atoms with E-state index in [-0.39, 0.29) is 0 Å². The average Bonchev–Trinajstić information content (AvgIpc) is 2.82. The second-order valence-corrected chi connectivity index (χ2v) is 3.87. The maximum absolute atomic E-state index is 4.58. The van der Waals surface area contributed by atoms with E-state index < -0.39 is 0 Å². The van der Waals surface area contributed by atoms with Crippen molar-refractivity contribution in [3.8, 4) is 0 Å². The zero-order chi connectivity index (χ0) is 10.1. The molecule has 1 aromatic heterocycles. The first kappa shape index (κ1) is 8.60. The summed E-state index contributed by atoms with van der Waals surface area (Å²) in [4.78, 5) is 8.99. The van der Waals surface area contributed by atoms with Crippen LogP contribution in [0.15, 0.2) is 36.5 Å². The van der Waals surface area contributed by atoms with Crippen molar-refractivity contribution in [1.82, 2.24) is 9.97 Å². The van der Waals surface area contributed by atoms with Crippen molar-refractivity contribution in [1.29, 1.82) is 0 Å². The molecule has 0 unspecified atom stereocenters. The largest absolute Gasteiger partial charge is 0.236 e. The molecule has 0 spiro atoms. The number of allylic oxidation sites excluding steroid dienone is 2. The molecule has 0 saturated heterocycles. The van der Waals surface area contributed by atoms with Crippen molar-refractivity contribution in [3.05, 3.63) is 42.4 Å². The van der Waals surface area contributed by atoms with Crippen molar-refractivity contribution in [3.63, 3.8) is 0 Å². The molecule has 74 valence electrons. The van der Waals surface area contributed by atoms with Crippen molar-refractivity contribution in [2.45, 2.75) is 19.3 Å².